The summed E-state index contributed by atoms with van der Waals surface area (Å²) >= 11 is 0. The zero-order valence-corrected chi connectivity index (χ0v) is 20.0. The molecule has 0 atom stereocenters. The lowest BCUT2D eigenvalue weighted by molar-refractivity contribution is -0.153. The second-order valence-electron chi connectivity index (χ2n) is 9.75. The van der Waals surface area contributed by atoms with Gasteiger partial charge in [0.05, 0.1) is 12.0 Å². The Bertz CT molecular complexity index is 330. The maximum Gasteiger partial charge on any atom is 0.311 e. The molecule has 0 saturated carbocycles. The van der Waals surface area contributed by atoms with Crippen LogP contribution in [0.5, 0.6) is 0 Å². The predicted octanol–water partition coefficient (Wildman–Crippen LogP) is 9.01. The van der Waals surface area contributed by atoms with Gasteiger partial charge in [0.15, 0.2) is 0 Å². The molecule has 0 spiro atoms. The first-order valence-electron chi connectivity index (χ1n) is 12.7. The largest absolute Gasteiger partial charge is 0.465 e. The SMILES string of the molecule is CCCCCCCCCCCCCCCCCCCCCOC(=O)C(C)(C)C. The molecule has 0 aliphatic heterocycles. The first-order chi connectivity index (χ1) is 13.5. The highest BCUT2D eigenvalue weighted by Crippen LogP contribution is 2.16. The molecule has 0 unspecified atom stereocenters. The average Bonchev–Trinajstić information content (AvgIpc) is 2.65. The minimum absolute atomic E-state index is 0.0742. The number of ether oxygens (including phenoxy) is 1. The van der Waals surface area contributed by atoms with E-state index >= 15 is 0 Å². The Morgan fingerprint density at radius 2 is 0.821 bits per heavy atom. The Kier molecular flexibility index (Phi) is 19.4. The summed E-state index contributed by atoms with van der Waals surface area (Å²) in [7, 11) is 0. The second-order valence-corrected chi connectivity index (χ2v) is 9.75. The standard InChI is InChI=1S/C26H52O2/c1-5-6-7-8-9-10-11-12-13-14-15-16-17-18-19-20-21-22-23-24-28-25(27)26(2,3)4/h5-24H2,1-4H3. The van der Waals surface area contributed by atoms with Crippen molar-refractivity contribution in [2.45, 2.75) is 150 Å². The Hall–Kier alpha value is -0.530. The normalized spacial score (nSPS) is 11.7. The van der Waals surface area contributed by atoms with E-state index in [0.717, 1.165) is 6.42 Å². The fourth-order valence-corrected chi connectivity index (χ4v) is 3.56. The van der Waals surface area contributed by atoms with Crippen molar-refractivity contribution >= 4 is 5.97 Å². The van der Waals surface area contributed by atoms with Crippen molar-refractivity contribution in [3.8, 4) is 0 Å². The van der Waals surface area contributed by atoms with Gasteiger partial charge in [0.1, 0.15) is 0 Å². The summed E-state index contributed by atoms with van der Waals surface area (Å²) in [6.45, 7) is 8.61. The quantitative estimate of drug-likeness (QED) is 0.151. The van der Waals surface area contributed by atoms with Crippen LogP contribution in [0.25, 0.3) is 0 Å². The summed E-state index contributed by atoms with van der Waals surface area (Å²) in [5.41, 5.74) is -0.367. The van der Waals surface area contributed by atoms with Gasteiger partial charge in [0.2, 0.25) is 0 Å². The highest BCUT2D eigenvalue weighted by molar-refractivity contribution is 5.75. The highest BCUT2D eigenvalue weighted by Gasteiger charge is 2.22. The summed E-state index contributed by atoms with van der Waals surface area (Å²) in [4.78, 5) is 11.6. The lowest BCUT2D eigenvalue weighted by Crippen LogP contribution is -2.23. The Morgan fingerprint density at radius 1 is 0.536 bits per heavy atom. The lowest BCUT2D eigenvalue weighted by atomic mass is 9.97. The summed E-state index contributed by atoms with van der Waals surface area (Å²) in [5.74, 6) is -0.0742. The molecule has 0 heterocycles. The van der Waals surface area contributed by atoms with Crippen LogP contribution in [-0.2, 0) is 9.53 Å². The number of hydrogen-bond donors (Lipinski definition) is 0. The van der Waals surface area contributed by atoms with Gasteiger partial charge in [0.25, 0.3) is 0 Å². The maximum atomic E-state index is 11.6. The van der Waals surface area contributed by atoms with Crippen molar-refractivity contribution in [2.24, 2.45) is 5.41 Å². The maximum absolute atomic E-state index is 11.6. The zero-order valence-electron chi connectivity index (χ0n) is 20.0. The van der Waals surface area contributed by atoms with Gasteiger partial charge in [-0.2, -0.15) is 0 Å². The van der Waals surface area contributed by atoms with E-state index in [2.05, 4.69) is 6.92 Å². The van der Waals surface area contributed by atoms with Gasteiger partial charge in [-0.25, -0.2) is 0 Å². The average molecular weight is 397 g/mol. The molecule has 0 aromatic rings. The number of carbonyl (C=O) groups is 1. The van der Waals surface area contributed by atoms with Gasteiger partial charge in [-0.1, -0.05) is 122 Å². The minimum Gasteiger partial charge on any atom is -0.465 e. The molecule has 0 fully saturated rings. The van der Waals surface area contributed by atoms with Crippen LogP contribution in [-0.4, -0.2) is 12.6 Å². The molecule has 2 heteroatoms. The van der Waals surface area contributed by atoms with Crippen LogP contribution in [0.3, 0.4) is 0 Å². The highest BCUT2D eigenvalue weighted by atomic mass is 16.5. The molecule has 28 heavy (non-hydrogen) atoms. The molecule has 0 amide bonds. The van der Waals surface area contributed by atoms with E-state index in [4.69, 9.17) is 4.74 Å². The van der Waals surface area contributed by atoms with E-state index in [1.54, 1.807) is 0 Å². The van der Waals surface area contributed by atoms with Crippen LogP contribution in [0.1, 0.15) is 150 Å². The van der Waals surface area contributed by atoms with E-state index in [9.17, 15) is 4.79 Å². The minimum atomic E-state index is -0.367. The molecule has 2 nitrogen and oxygen atoms in total. The summed E-state index contributed by atoms with van der Waals surface area (Å²) < 4.78 is 5.30. The van der Waals surface area contributed by atoms with E-state index < -0.39 is 0 Å². The summed E-state index contributed by atoms with van der Waals surface area (Å²) in [5, 5.41) is 0. The van der Waals surface area contributed by atoms with E-state index in [1.807, 2.05) is 20.8 Å². The first-order valence-corrected chi connectivity index (χ1v) is 12.7. The van der Waals surface area contributed by atoms with E-state index in [1.165, 1.54) is 116 Å². The lowest BCUT2D eigenvalue weighted by Gasteiger charge is -2.16. The van der Waals surface area contributed by atoms with E-state index in [-0.39, 0.29) is 11.4 Å². The number of carbonyl (C=O) groups excluding carboxylic acids is 1. The van der Waals surface area contributed by atoms with Gasteiger partial charge in [-0.3, -0.25) is 4.79 Å². The number of rotatable bonds is 20. The fraction of sp³-hybridized carbons (Fsp3) is 0.962. The molecule has 0 rings (SSSR count). The molecule has 0 saturated heterocycles. The third-order valence-electron chi connectivity index (χ3n) is 5.59. The first kappa shape index (κ1) is 27.5. The van der Waals surface area contributed by atoms with Crippen molar-refractivity contribution in [3.05, 3.63) is 0 Å². The Morgan fingerprint density at radius 3 is 1.11 bits per heavy atom. The summed E-state index contributed by atoms with van der Waals surface area (Å²) in [6, 6.07) is 0. The predicted molar refractivity (Wildman–Crippen MR) is 124 cm³/mol. The Labute approximate surface area is 177 Å². The molecule has 0 N–H and O–H groups in total. The van der Waals surface area contributed by atoms with Crippen molar-refractivity contribution in [1.82, 2.24) is 0 Å². The monoisotopic (exact) mass is 396 g/mol. The zero-order chi connectivity index (χ0) is 20.9. The fourth-order valence-electron chi connectivity index (χ4n) is 3.56. The van der Waals surface area contributed by atoms with Crippen LogP contribution in [0.15, 0.2) is 0 Å². The van der Waals surface area contributed by atoms with Crippen LogP contribution < -0.4 is 0 Å². The smallest absolute Gasteiger partial charge is 0.311 e. The molecule has 0 bridgehead atoms. The number of esters is 1. The van der Waals surface area contributed by atoms with Crippen molar-refractivity contribution in [3.63, 3.8) is 0 Å². The number of unbranched alkanes of at least 4 members (excludes halogenated alkanes) is 18. The van der Waals surface area contributed by atoms with Gasteiger partial charge < -0.3 is 4.74 Å². The molecular formula is C26H52O2. The molecule has 0 radical (unpaired) electrons. The van der Waals surface area contributed by atoms with Crippen molar-refractivity contribution < 1.29 is 9.53 Å². The molecule has 168 valence electrons. The third kappa shape index (κ3) is 20.2. The second kappa shape index (κ2) is 19.8. The van der Waals surface area contributed by atoms with Crippen LogP contribution in [0.2, 0.25) is 0 Å². The van der Waals surface area contributed by atoms with Crippen LogP contribution in [0.4, 0.5) is 0 Å². The number of hydrogen-bond acceptors (Lipinski definition) is 2. The van der Waals surface area contributed by atoms with E-state index in [0.29, 0.717) is 6.61 Å². The molecule has 0 aliphatic rings. The van der Waals surface area contributed by atoms with Crippen molar-refractivity contribution in [2.75, 3.05) is 6.61 Å². The third-order valence-corrected chi connectivity index (χ3v) is 5.59. The summed E-state index contributed by atoms with van der Waals surface area (Å²) in [6.07, 6.45) is 26.3. The van der Waals surface area contributed by atoms with Gasteiger partial charge >= 0.3 is 5.97 Å². The molecule has 0 aromatic carbocycles. The van der Waals surface area contributed by atoms with Gasteiger partial charge in [0, 0.05) is 0 Å². The van der Waals surface area contributed by atoms with Crippen LogP contribution >= 0.6 is 0 Å². The topological polar surface area (TPSA) is 26.3 Å². The van der Waals surface area contributed by atoms with Crippen LogP contribution in [0, 0.1) is 5.41 Å². The molecule has 0 aromatic heterocycles. The van der Waals surface area contributed by atoms with Gasteiger partial charge in [-0.15, -0.1) is 0 Å². The molecular weight excluding hydrogens is 344 g/mol. The van der Waals surface area contributed by atoms with Gasteiger partial charge in [-0.05, 0) is 27.2 Å². The Balaban J connectivity index is 3.10. The molecule has 0 aliphatic carbocycles. The van der Waals surface area contributed by atoms with Crippen molar-refractivity contribution in [1.29, 1.82) is 0 Å².